The second-order valence-corrected chi connectivity index (χ2v) is 7.48. The summed E-state index contributed by atoms with van der Waals surface area (Å²) in [4.78, 5) is 16.4. The molecule has 150 valence electrons. The summed E-state index contributed by atoms with van der Waals surface area (Å²) in [7, 11) is 0. The van der Waals surface area contributed by atoms with Gasteiger partial charge >= 0.3 is 12.1 Å². The van der Waals surface area contributed by atoms with Gasteiger partial charge in [-0.2, -0.15) is 21.9 Å². The molecule has 6 nitrogen and oxygen atoms in total. The number of benzene rings is 2. The van der Waals surface area contributed by atoms with E-state index < -0.39 is 17.7 Å². The number of rotatable bonds is 3. The molecule has 0 radical (unpaired) electrons. The predicted molar refractivity (Wildman–Crippen MR) is 101 cm³/mol. The number of nitrogens with one attached hydrogen (secondary N) is 1. The van der Waals surface area contributed by atoms with Crippen LogP contribution in [0.1, 0.15) is 21.5 Å². The molecule has 1 unspecified atom stereocenters. The first kappa shape index (κ1) is 19.9. The van der Waals surface area contributed by atoms with Crippen LogP contribution in [0.4, 0.5) is 13.2 Å². The topological polar surface area (TPSA) is 84.3 Å². The first-order chi connectivity index (χ1) is 13.6. The van der Waals surface area contributed by atoms with Gasteiger partial charge in [0, 0.05) is 21.2 Å². The zero-order valence-corrected chi connectivity index (χ0v) is 16.2. The summed E-state index contributed by atoms with van der Waals surface area (Å²) in [6.07, 6.45) is -4.03. The largest absolute Gasteiger partial charge is 0.478 e. The van der Waals surface area contributed by atoms with Gasteiger partial charge in [-0.25, -0.2) is 4.79 Å². The Hall–Kier alpha value is -2.40. The van der Waals surface area contributed by atoms with Gasteiger partial charge in [0.2, 0.25) is 5.60 Å². The third kappa shape index (κ3) is 3.21. The fourth-order valence-corrected chi connectivity index (χ4v) is 4.10. The molecule has 29 heavy (non-hydrogen) atoms. The van der Waals surface area contributed by atoms with Crippen LogP contribution >= 0.6 is 34.9 Å². The normalized spacial score (nSPS) is 19.3. The monoisotopic (exact) mass is 461 g/mol. The van der Waals surface area contributed by atoms with E-state index in [1.807, 2.05) is 0 Å². The maximum atomic E-state index is 14.1. The van der Waals surface area contributed by atoms with Crippen molar-refractivity contribution in [3.63, 3.8) is 0 Å². The molecule has 0 saturated heterocycles. The Morgan fingerprint density at radius 2 is 1.79 bits per heavy atom. The third-order valence-corrected chi connectivity index (χ3v) is 5.28. The molecule has 1 aromatic heterocycles. The Morgan fingerprint density at radius 3 is 2.41 bits per heavy atom. The number of carbonyl (C=O) groups is 1. The molecule has 3 aromatic rings. The molecule has 4 rings (SSSR count). The Bertz CT molecular complexity index is 1160. The smallest absolute Gasteiger partial charge is 0.428 e. The highest BCUT2D eigenvalue weighted by atomic mass is 35.5. The number of carboxylic acid groups (broad SMARTS) is 1. The van der Waals surface area contributed by atoms with Gasteiger partial charge in [0.1, 0.15) is 11.0 Å². The zero-order valence-electron chi connectivity index (χ0n) is 13.9. The van der Waals surface area contributed by atoms with Crippen molar-refractivity contribution in [1.29, 1.82) is 0 Å². The number of aromatic carboxylic acids is 1. The van der Waals surface area contributed by atoms with Crippen LogP contribution in [0.2, 0.25) is 10.0 Å². The van der Waals surface area contributed by atoms with E-state index in [1.54, 1.807) is 0 Å². The summed E-state index contributed by atoms with van der Waals surface area (Å²) >= 11 is 12.5. The fraction of sp³-hybridized carbons (Fsp3) is 0.118. The lowest BCUT2D eigenvalue weighted by molar-refractivity contribution is -0.269. The molecule has 2 aromatic carbocycles. The predicted octanol–water partition coefficient (Wildman–Crippen LogP) is 5.03. The van der Waals surface area contributed by atoms with Crippen molar-refractivity contribution in [3.05, 3.63) is 63.1 Å². The number of hydrogen-bond acceptors (Lipinski definition) is 6. The molecule has 12 heteroatoms. The Balaban J connectivity index is 1.91. The zero-order chi connectivity index (χ0) is 21.0. The van der Waals surface area contributed by atoms with Crippen LogP contribution in [0, 0.1) is 0 Å². The molecule has 1 aliphatic rings. The van der Waals surface area contributed by atoms with Crippen molar-refractivity contribution >= 4 is 57.6 Å². The van der Waals surface area contributed by atoms with Gasteiger partial charge in [0.15, 0.2) is 0 Å². The number of hydrogen-bond donors (Lipinski definition) is 2. The Morgan fingerprint density at radius 1 is 1.14 bits per heavy atom. The minimum Gasteiger partial charge on any atom is -0.478 e. The SMILES string of the molecule is O=C(O)c1ccc(C2=CC(c3cc(Cl)cc(Cl)c3)(C(F)(F)F)ON2)c2nsnc12. The molecule has 1 atom stereocenters. The highest BCUT2D eigenvalue weighted by molar-refractivity contribution is 7.00. The fourth-order valence-electron chi connectivity index (χ4n) is 3.00. The van der Waals surface area contributed by atoms with Crippen molar-refractivity contribution in [2.75, 3.05) is 0 Å². The number of carboxylic acids is 1. The van der Waals surface area contributed by atoms with Crippen molar-refractivity contribution in [1.82, 2.24) is 14.2 Å². The molecular formula is C17H8Cl2F3N3O3S. The second kappa shape index (κ2) is 6.84. The molecule has 0 saturated carbocycles. The van der Waals surface area contributed by atoms with Gasteiger partial charge in [-0.15, -0.1) is 0 Å². The standard InChI is InChI=1S/C17H8Cl2F3N3O3S/c18-8-3-7(4-9(19)5-8)16(17(20,21)22)6-12(23-28-16)10-1-2-11(15(26)27)14-13(10)24-29-25-14/h1-6,23H,(H,26,27). The lowest BCUT2D eigenvalue weighted by Gasteiger charge is -2.28. The van der Waals surface area contributed by atoms with Crippen LogP contribution in [0.5, 0.6) is 0 Å². The van der Waals surface area contributed by atoms with Gasteiger partial charge in [-0.05, 0) is 36.4 Å². The van der Waals surface area contributed by atoms with Crippen LogP contribution in [-0.2, 0) is 10.4 Å². The van der Waals surface area contributed by atoms with Crippen LogP contribution < -0.4 is 5.48 Å². The average Bonchev–Trinajstić information content (AvgIpc) is 3.27. The highest BCUT2D eigenvalue weighted by Gasteiger charge is 2.59. The molecule has 2 heterocycles. The van der Waals surface area contributed by atoms with E-state index in [0.717, 1.165) is 29.9 Å². The molecule has 0 spiro atoms. The number of hydroxylamine groups is 1. The summed E-state index contributed by atoms with van der Waals surface area (Å²) in [6.45, 7) is 0. The van der Waals surface area contributed by atoms with E-state index in [4.69, 9.17) is 28.0 Å². The molecule has 0 aliphatic carbocycles. The van der Waals surface area contributed by atoms with Crippen molar-refractivity contribution < 1.29 is 27.9 Å². The average molecular weight is 462 g/mol. The van der Waals surface area contributed by atoms with Gasteiger partial charge in [-0.3, -0.25) is 10.3 Å². The minimum atomic E-state index is -4.86. The number of aromatic nitrogens is 2. The molecule has 0 amide bonds. The van der Waals surface area contributed by atoms with E-state index in [2.05, 4.69) is 14.2 Å². The number of nitrogens with zero attached hydrogens (tertiary/aromatic N) is 2. The van der Waals surface area contributed by atoms with Crippen molar-refractivity contribution in [2.24, 2.45) is 0 Å². The second-order valence-electron chi connectivity index (χ2n) is 6.08. The van der Waals surface area contributed by atoms with Crippen LogP contribution in [0.25, 0.3) is 16.7 Å². The lowest BCUT2D eigenvalue weighted by atomic mass is 9.91. The first-order valence-electron chi connectivity index (χ1n) is 7.81. The van der Waals surface area contributed by atoms with Gasteiger partial charge < -0.3 is 5.11 Å². The van der Waals surface area contributed by atoms with E-state index in [9.17, 15) is 23.1 Å². The molecular weight excluding hydrogens is 454 g/mol. The Kier molecular flexibility index (Phi) is 4.69. The van der Waals surface area contributed by atoms with E-state index in [-0.39, 0.29) is 43.5 Å². The van der Waals surface area contributed by atoms with Crippen LogP contribution in [0.15, 0.2) is 36.4 Å². The number of alkyl halides is 3. The van der Waals surface area contributed by atoms with E-state index >= 15 is 0 Å². The Labute approximate surface area is 174 Å². The number of fused-ring (bicyclic) bond motifs is 1. The van der Waals surface area contributed by atoms with Gasteiger partial charge in [0.05, 0.1) is 23.0 Å². The maximum absolute atomic E-state index is 14.1. The van der Waals surface area contributed by atoms with Crippen molar-refractivity contribution in [3.8, 4) is 0 Å². The van der Waals surface area contributed by atoms with Crippen molar-refractivity contribution in [2.45, 2.75) is 11.8 Å². The van der Waals surface area contributed by atoms with E-state index in [1.165, 1.54) is 18.2 Å². The number of halogens is 5. The van der Waals surface area contributed by atoms with Gasteiger partial charge in [-0.1, -0.05) is 23.2 Å². The molecule has 0 bridgehead atoms. The first-order valence-corrected chi connectivity index (χ1v) is 9.30. The summed E-state index contributed by atoms with van der Waals surface area (Å²) < 4.78 is 50.2. The quantitative estimate of drug-likeness (QED) is 0.568. The van der Waals surface area contributed by atoms with Crippen LogP contribution in [-0.4, -0.2) is 26.0 Å². The van der Waals surface area contributed by atoms with E-state index in [0.29, 0.717) is 0 Å². The molecule has 0 fully saturated rings. The van der Waals surface area contributed by atoms with Gasteiger partial charge in [0.25, 0.3) is 0 Å². The molecule has 1 aliphatic heterocycles. The lowest BCUT2D eigenvalue weighted by Crippen LogP contribution is -2.42. The maximum Gasteiger partial charge on any atom is 0.428 e. The summed E-state index contributed by atoms with van der Waals surface area (Å²) in [5.41, 5.74) is -0.646. The summed E-state index contributed by atoms with van der Waals surface area (Å²) in [6, 6.07) is 6.10. The minimum absolute atomic E-state index is 0.0125. The third-order valence-electron chi connectivity index (χ3n) is 4.32. The highest BCUT2D eigenvalue weighted by Crippen LogP contribution is 2.48. The molecule has 2 N–H and O–H groups in total. The summed E-state index contributed by atoms with van der Waals surface area (Å²) in [5.74, 6) is -1.22. The summed E-state index contributed by atoms with van der Waals surface area (Å²) in [5, 5.41) is 9.28. The van der Waals surface area contributed by atoms with Crippen LogP contribution in [0.3, 0.4) is 0 Å².